The summed E-state index contributed by atoms with van der Waals surface area (Å²) in [6, 6.07) is 10.1. The number of carboxylic acid groups (broad SMARTS) is 1. The van der Waals surface area contributed by atoms with Crippen LogP contribution >= 0.6 is 11.3 Å². The van der Waals surface area contributed by atoms with Gasteiger partial charge in [0.05, 0.1) is 17.4 Å². The van der Waals surface area contributed by atoms with Crippen molar-refractivity contribution in [1.29, 1.82) is 5.26 Å². The zero-order chi connectivity index (χ0) is 19.6. The van der Waals surface area contributed by atoms with E-state index in [1.807, 2.05) is 44.2 Å². The van der Waals surface area contributed by atoms with Crippen molar-refractivity contribution in [2.24, 2.45) is 11.8 Å². The van der Waals surface area contributed by atoms with Gasteiger partial charge in [0.15, 0.2) is 0 Å². The van der Waals surface area contributed by atoms with Crippen LogP contribution in [0.25, 0.3) is 11.1 Å². The molecule has 2 N–H and O–H groups in total. The molecule has 1 amide bonds. The molecule has 0 saturated carbocycles. The van der Waals surface area contributed by atoms with Crippen LogP contribution in [0.3, 0.4) is 0 Å². The van der Waals surface area contributed by atoms with Gasteiger partial charge in [-0.3, -0.25) is 9.59 Å². The molecule has 138 valence electrons. The molecular formula is C21H20N2O3S. The van der Waals surface area contributed by atoms with Crippen LogP contribution < -0.4 is 5.32 Å². The van der Waals surface area contributed by atoms with Crippen molar-refractivity contribution < 1.29 is 14.7 Å². The van der Waals surface area contributed by atoms with Crippen molar-refractivity contribution in [1.82, 2.24) is 0 Å². The number of carboxylic acids is 1. The van der Waals surface area contributed by atoms with Gasteiger partial charge in [-0.1, -0.05) is 42.0 Å². The number of hydrogen-bond acceptors (Lipinski definition) is 4. The van der Waals surface area contributed by atoms with Crippen LogP contribution in [-0.2, 0) is 9.59 Å². The molecule has 1 aromatic heterocycles. The summed E-state index contributed by atoms with van der Waals surface area (Å²) < 4.78 is 0. The lowest BCUT2D eigenvalue weighted by Crippen LogP contribution is -2.34. The lowest BCUT2D eigenvalue weighted by Gasteiger charge is -2.23. The first-order valence-electron chi connectivity index (χ1n) is 8.71. The zero-order valence-corrected chi connectivity index (χ0v) is 16.0. The minimum Gasteiger partial charge on any atom is -0.481 e. The summed E-state index contributed by atoms with van der Waals surface area (Å²) >= 11 is 1.35. The number of allylic oxidation sites excluding steroid dienone is 2. The average Bonchev–Trinajstić information content (AvgIpc) is 2.97. The Kier molecular flexibility index (Phi) is 5.43. The highest BCUT2D eigenvalue weighted by atomic mass is 32.1. The molecule has 0 aliphatic heterocycles. The van der Waals surface area contributed by atoms with Gasteiger partial charge in [-0.05, 0) is 32.3 Å². The largest absolute Gasteiger partial charge is 0.481 e. The molecule has 6 heteroatoms. The molecule has 1 heterocycles. The Labute approximate surface area is 162 Å². The van der Waals surface area contributed by atoms with Gasteiger partial charge < -0.3 is 10.4 Å². The van der Waals surface area contributed by atoms with Crippen molar-refractivity contribution in [3.05, 3.63) is 52.4 Å². The monoisotopic (exact) mass is 380 g/mol. The number of carbonyl (C=O) groups is 2. The fourth-order valence-electron chi connectivity index (χ4n) is 3.39. The quantitative estimate of drug-likeness (QED) is 0.764. The van der Waals surface area contributed by atoms with Gasteiger partial charge in [-0.2, -0.15) is 5.26 Å². The summed E-state index contributed by atoms with van der Waals surface area (Å²) in [7, 11) is 0. The molecule has 0 unspecified atom stereocenters. The number of amides is 1. The third-order valence-corrected chi connectivity index (χ3v) is 5.88. The molecule has 1 aliphatic carbocycles. The second kappa shape index (κ2) is 7.77. The summed E-state index contributed by atoms with van der Waals surface area (Å²) in [5.41, 5.74) is 3.29. The molecule has 2 atom stereocenters. The average molecular weight is 380 g/mol. The van der Waals surface area contributed by atoms with E-state index in [0.717, 1.165) is 21.6 Å². The Hall–Kier alpha value is -2.91. The van der Waals surface area contributed by atoms with Gasteiger partial charge in [0.2, 0.25) is 5.91 Å². The van der Waals surface area contributed by atoms with Gasteiger partial charge in [0.25, 0.3) is 0 Å². The van der Waals surface area contributed by atoms with Crippen LogP contribution in [-0.4, -0.2) is 17.0 Å². The number of thiophene rings is 1. The van der Waals surface area contributed by atoms with Gasteiger partial charge in [-0.25, -0.2) is 0 Å². The van der Waals surface area contributed by atoms with E-state index in [0.29, 0.717) is 23.4 Å². The van der Waals surface area contributed by atoms with Crippen LogP contribution in [0.5, 0.6) is 0 Å². The third kappa shape index (κ3) is 3.79. The highest BCUT2D eigenvalue weighted by molar-refractivity contribution is 7.17. The van der Waals surface area contributed by atoms with E-state index < -0.39 is 17.8 Å². The molecule has 3 rings (SSSR count). The normalized spacial score (nSPS) is 18.7. The molecule has 0 spiro atoms. The maximum Gasteiger partial charge on any atom is 0.307 e. The summed E-state index contributed by atoms with van der Waals surface area (Å²) in [5, 5.41) is 22.4. The Bertz CT molecular complexity index is 951. The molecule has 2 aromatic rings. The minimum absolute atomic E-state index is 0.344. The number of aliphatic carboxylic acids is 1. The summed E-state index contributed by atoms with van der Waals surface area (Å²) in [4.78, 5) is 25.1. The Balaban J connectivity index is 1.92. The first kappa shape index (κ1) is 18.9. The minimum atomic E-state index is -0.970. The standard InChI is InChI=1S/C21H20N2O3S/c1-12-7-9-14(10-8-12)18-13(2)27-20(17(18)11-22)23-19(24)15-5-3-4-6-16(15)21(25)26/h3-4,7-10,15-16H,5-6H2,1-2H3,(H,23,24)(H,25,26)/t15-,16-/m0/s1. The summed E-state index contributed by atoms with van der Waals surface area (Å²) in [5.74, 6) is -2.69. The van der Waals surface area contributed by atoms with Gasteiger partial charge >= 0.3 is 5.97 Å². The topological polar surface area (TPSA) is 90.2 Å². The molecule has 0 fully saturated rings. The van der Waals surface area contributed by atoms with Gasteiger partial charge in [0, 0.05) is 10.4 Å². The molecule has 0 saturated heterocycles. The molecule has 27 heavy (non-hydrogen) atoms. The Morgan fingerprint density at radius 1 is 1.15 bits per heavy atom. The number of hydrogen-bond donors (Lipinski definition) is 2. The van der Waals surface area contributed by atoms with Crippen molar-refractivity contribution in [3.63, 3.8) is 0 Å². The van der Waals surface area contributed by atoms with E-state index in [1.54, 1.807) is 6.08 Å². The number of nitrogens with one attached hydrogen (secondary N) is 1. The third-order valence-electron chi connectivity index (χ3n) is 4.86. The highest BCUT2D eigenvalue weighted by Gasteiger charge is 2.34. The van der Waals surface area contributed by atoms with E-state index in [1.165, 1.54) is 11.3 Å². The number of benzene rings is 1. The van der Waals surface area contributed by atoms with Crippen LogP contribution in [0.4, 0.5) is 5.00 Å². The van der Waals surface area contributed by atoms with Crippen LogP contribution in [0, 0.1) is 37.0 Å². The maximum atomic E-state index is 12.7. The van der Waals surface area contributed by atoms with Gasteiger partial charge in [-0.15, -0.1) is 11.3 Å². The fourth-order valence-corrected chi connectivity index (χ4v) is 4.42. The van der Waals surface area contributed by atoms with Crippen molar-refractivity contribution in [2.75, 3.05) is 5.32 Å². The Morgan fingerprint density at radius 2 is 1.78 bits per heavy atom. The molecule has 1 aromatic carbocycles. The predicted octanol–water partition coefficient (Wildman–Crippen LogP) is 4.51. The predicted molar refractivity (Wildman–Crippen MR) is 106 cm³/mol. The van der Waals surface area contributed by atoms with E-state index in [-0.39, 0.29) is 5.91 Å². The van der Waals surface area contributed by atoms with E-state index >= 15 is 0 Å². The lowest BCUT2D eigenvalue weighted by molar-refractivity contribution is -0.146. The van der Waals surface area contributed by atoms with Crippen molar-refractivity contribution in [2.45, 2.75) is 26.7 Å². The highest BCUT2D eigenvalue weighted by Crippen LogP contribution is 2.40. The SMILES string of the molecule is Cc1ccc(-c2c(C)sc(NC(=O)[C@H]3CC=CC[C@@H]3C(=O)O)c2C#N)cc1. The molecule has 1 aliphatic rings. The fraction of sp³-hybridized carbons (Fsp3) is 0.286. The second-order valence-electron chi connectivity index (χ2n) is 6.70. The number of carbonyl (C=O) groups excluding carboxylic acids is 1. The van der Waals surface area contributed by atoms with Crippen LogP contribution in [0.15, 0.2) is 36.4 Å². The molecule has 5 nitrogen and oxygen atoms in total. The number of rotatable bonds is 4. The van der Waals surface area contributed by atoms with E-state index in [2.05, 4.69) is 11.4 Å². The smallest absolute Gasteiger partial charge is 0.307 e. The second-order valence-corrected chi connectivity index (χ2v) is 7.92. The number of aryl methyl sites for hydroxylation is 2. The number of nitriles is 1. The summed E-state index contributed by atoms with van der Waals surface area (Å²) in [6.07, 6.45) is 4.37. The Morgan fingerprint density at radius 3 is 2.37 bits per heavy atom. The number of anilines is 1. The first-order valence-corrected chi connectivity index (χ1v) is 9.53. The van der Waals surface area contributed by atoms with E-state index in [4.69, 9.17) is 0 Å². The molecule has 0 bridgehead atoms. The maximum absolute atomic E-state index is 12.7. The van der Waals surface area contributed by atoms with E-state index in [9.17, 15) is 20.0 Å². The van der Waals surface area contributed by atoms with Crippen molar-refractivity contribution >= 4 is 28.2 Å². The molecule has 0 radical (unpaired) electrons. The van der Waals surface area contributed by atoms with Crippen LogP contribution in [0.1, 0.15) is 28.8 Å². The lowest BCUT2D eigenvalue weighted by atomic mass is 9.82. The summed E-state index contributed by atoms with van der Waals surface area (Å²) in [6.45, 7) is 3.92. The van der Waals surface area contributed by atoms with Crippen LogP contribution in [0.2, 0.25) is 0 Å². The van der Waals surface area contributed by atoms with Gasteiger partial charge in [0.1, 0.15) is 11.1 Å². The number of nitrogens with zero attached hydrogens (tertiary/aromatic N) is 1. The first-order chi connectivity index (χ1) is 12.9. The molecular weight excluding hydrogens is 360 g/mol. The van der Waals surface area contributed by atoms with Crippen molar-refractivity contribution in [3.8, 4) is 17.2 Å². The zero-order valence-electron chi connectivity index (χ0n) is 15.2.